The number of hydrogen-bond acceptors (Lipinski definition) is 3. The standard InChI is InChI=1S/C33H24N2O/c1-4-12-23(13-5-1)33-34-31-29-19-11-10-18-27(29)28-21-20-26(22-30(28)32(31)36-33)35(24-14-6-2-7-15-24)25-16-8-3-9-17-25/h1-22,33-34H. The summed E-state index contributed by atoms with van der Waals surface area (Å²) in [6.07, 6.45) is -0.224. The number of para-hydroxylation sites is 2. The van der Waals surface area contributed by atoms with Gasteiger partial charge in [-0.3, -0.25) is 0 Å². The molecule has 1 heterocycles. The van der Waals surface area contributed by atoms with Crippen LogP contribution in [0.15, 0.2) is 133 Å². The molecule has 3 heteroatoms. The van der Waals surface area contributed by atoms with Crippen molar-refractivity contribution in [3.8, 4) is 5.75 Å². The van der Waals surface area contributed by atoms with Crippen molar-refractivity contribution in [2.75, 3.05) is 10.2 Å². The molecule has 0 saturated heterocycles. The van der Waals surface area contributed by atoms with E-state index in [2.05, 4.69) is 138 Å². The van der Waals surface area contributed by atoms with Crippen molar-refractivity contribution in [2.24, 2.45) is 0 Å². The molecule has 36 heavy (non-hydrogen) atoms. The van der Waals surface area contributed by atoms with Crippen LogP contribution in [0.4, 0.5) is 22.7 Å². The lowest BCUT2D eigenvalue weighted by Crippen LogP contribution is -2.10. The third-order valence-electron chi connectivity index (χ3n) is 6.86. The maximum atomic E-state index is 6.63. The van der Waals surface area contributed by atoms with Crippen LogP contribution in [-0.2, 0) is 0 Å². The summed E-state index contributed by atoms with van der Waals surface area (Å²) in [5.74, 6) is 0.903. The minimum atomic E-state index is -0.224. The summed E-state index contributed by atoms with van der Waals surface area (Å²) < 4.78 is 6.63. The molecule has 0 spiro atoms. The number of nitrogens with one attached hydrogen (secondary N) is 1. The molecular weight excluding hydrogens is 440 g/mol. The number of nitrogens with zero attached hydrogens (tertiary/aromatic N) is 1. The summed E-state index contributed by atoms with van der Waals surface area (Å²) in [4.78, 5) is 2.29. The Balaban J connectivity index is 1.45. The SMILES string of the molecule is c1ccc(C2Nc3c(c4cc(N(c5ccccc5)c5ccccc5)ccc4c4ccccc34)O2)cc1. The highest BCUT2D eigenvalue weighted by atomic mass is 16.5. The Morgan fingerprint density at radius 3 is 1.72 bits per heavy atom. The predicted octanol–water partition coefficient (Wildman–Crippen LogP) is 8.97. The molecule has 1 N–H and O–H groups in total. The van der Waals surface area contributed by atoms with Gasteiger partial charge < -0.3 is 15.0 Å². The zero-order chi connectivity index (χ0) is 23.9. The Labute approximate surface area is 210 Å². The molecule has 1 aliphatic rings. The van der Waals surface area contributed by atoms with E-state index in [9.17, 15) is 0 Å². The van der Waals surface area contributed by atoms with Crippen molar-refractivity contribution < 1.29 is 4.74 Å². The van der Waals surface area contributed by atoms with Gasteiger partial charge in [0.1, 0.15) is 0 Å². The number of anilines is 4. The molecule has 0 bridgehead atoms. The number of ether oxygens (including phenoxy) is 1. The van der Waals surface area contributed by atoms with E-state index in [1.807, 2.05) is 6.07 Å². The summed E-state index contributed by atoms with van der Waals surface area (Å²) in [7, 11) is 0. The number of fused-ring (bicyclic) bond motifs is 6. The Kier molecular flexibility index (Phi) is 4.85. The lowest BCUT2D eigenvalue weighted by atomic mass is 9.98. The van der Waals surface area contributed by atoms with Crippen molar-refractivity contribution in [3.05, 3.63) is 139 Å². The maximum absolute atomic E-state index is 6.63. The second-order valence-corrected chi connectivity index (χ2v) is 9.04. The van der Waals surface area contributed by atoms with Crippen LogP contribution in [0.25, 0.3) is 21.5 Å². The summed E-state index contributed by atoms with van der Waals surface area (Å²) in [5.41, 5.74) is 5.47. The van der Waals surface area contributed by atoms with E-state index >= 15 is 0 Å². The third-order valence-corrected chi connectivity index (χ3v) is 6.86. The van der Waals surface area contributed by atoms with Crippen LogP contribution in [0.1, 0.15) is 11.8 Å². The largest absolute Gasteiger partial charge is 0.464 e. The number of benzene rings is 6. The molecule has 0 radical (unpaired) electrons. The van der Waals surface area contributed by atoms with E-state index in [1.54, 1.807) is 0 Å². The van der Waals surface area contributed by atoms with Gasteiger partial charge in [-0.25, -0.2) is 0 Å². The monoisotopic (exact) mass is 464 g/mol. The summed E-state index contributed by atoms with van der Waals surface area (Å²) in [6, 6.07) is 46.6. The second kappa shape index (κ2) is 8.47. The van der Waals surface area contributed by atoms with Crippen LogP contribution in [0, 0.1) is 0 Å². The summed E-state index contributed by atoms with van der Waals surface area (Å²) in [6.45, 7) is 0. The molecular formula is C33H24N2O. The lowest BCUT2D eigenvalue weighted by molar-refractivity contribution is 0.262. The molecule has 6 aromatic rings. The van der Waals surface area contributed by atoms with Crippen molar-refractivity contribution in [1.82, 2.24) is 0 Å². The topological polar surface area (TPSA) is 24.5 Å². The minimum absolute atomic E-state index is 0.224. The van der Waals surface area contributed by atoms with Crippen molar-refractivity contribution in [1.29, 1.82) is 0 Å². The van der Waals surface area contributed by atoms with E-state index in [4.69, 9.17) is 4.74 Å². The van der Waals surface area contributed by atoms with Crippen molar-refractivity contribution in [2.45, 2.75) is 6.23 Å². The molecule has 0 amide bonds. The molecule has 0 aromatic heterocycles. The van der Waals surface area contributed by atoms with Crippen molar-refractivity contribution in [3.63, 3.8) is 0 Å². The van der Waals surface area contributed by atoms with E-state index in [1.165, 1.54) is 16.2 Å². The smallest absolute Gasteiger partial charge is 0.196 e. The van der Waals surface area contributed by atoms with Gasteiger partial charge in [0.05, 0.1) is 5.69 Å². The number of hydrogen-bond donors (Lipinski definition) is 1. The van der Waals surface area contributed by atoms with Gasteiger partial charge in [-0.15, -0.1) is 0 Å². The zero-order valence-electron chi connectivity index (χ0n) is 19.6. The maximum Gasteiger partial charge on any atom is 0.196 e. The zero-order valence-corrected chi connectivity index (χ0v) is 19.6. The third kappa shape index (κ3) is 3.37. The predicted molar refractivity (Wildman–Crippen MR) is 150 cm³/mol. The number of rotatable bonds is 4. The van der Waals surface area contributed by atoms with Crippen LogP contribution in [0.5, 0.6) is 5.75 Å². The molecule has 172 valence electrons. The van der Waals surface area contributed by atoms with E-state index < -0.39 is 0 Å². The molecule has 1 unspecified atom stereocenters. The first kappa shape index (κ1) is 20.6. The fourth-order valence-corrected chi connectivity index (χ4v) is 5.21. The molecule has 1 atom stereocenters. The average Bonchev–Trinajstić information content (AvgIpc) is 3.41. The molecule has 0 fully saturated rings. The van der Waals surface area contributed by atoms with Crippen LogP contribution in [0.3, 0.4) is 0 Å². The van der Waals surface area contributed by atoms with Crippen LogP contribution >= 0.6 is 0 Å². The van der Waals surface area contributed by atoms with Crippen molar-refractivity contribution >= 4 is 44.3 Å². The van der Waals surface area contributed by atoms with Gasteiger partial charge in [-0.05, 0) is 47.2 Å². The normalized spacial score (nSPS) is 14.3. The molecule has 0 aliphatic carbocycles. The van der Waals surface area contributed by atoms with E-state index in [0.29, 0.717) is 0 Å². The Hall–Kier alpha value is -4.76. The Bertz CT molecular complexity index is 1640. The van der Waals surface area contributed by atoms with E-state index in [-0.39, 0.29) is 6.23 Å². The highest BCUT2D eigenvalue weighted by Gasteiger charge is 2.28. The highest BCUT2D eigenvalue weighted by Crippen LogP contribution is 2.50. The first-order chi connectivity index (χ1) is 17.9. The molecule has 3 nitrogen and oxygen atoms in total. The fraction of sp³-hybridized carbons (Fsp3) is 0.0303. The quantitative estimate of drug-likeness (QED) is 0.264. The van der Waals surface area contributed by atoms with Gasteiger partial charge in [0.15, 0.2) is 12.0 Å². The highest BCUT2D eigenvalue weighted by molar-refractivity contribution is 6.18. The first-order valence-corrected chi connectivity index (χ1v) is 12.2. The molecule has 0 saturated carbocycles. The van der Waals surface area contributed by atoms with E-state index in [0.717, 1.165) is 39.4 Å². The average molecular weight is 465 g/mol. The fourth-order valence-electron chi connectivity index (χ4n) is 5.21. The minimum Gasteiger partial charge on any atom is -0.464 e. The van der Waals surface area contributed by atoms with Gasteiger partial charge in [-0.2, -0.15) is 0 Å². The van der Waals surface area contributed by atoms with Gasteiger partial charge in [0, 0.05) is 33.4 Å². The second-order valence-electron chi connectivity index (χ2n) is 9.04. The molecule has 6 aromatic carbocycles. The van der Waals surface area contributed by atoms with Gasteiger partial charge in [0.25, 0.3) is 0 Å². The lowest BCUT2D eigenvalue weighted by Gasteiger charge is -2.26. The molecule has 7 rings (SSSR count). The Morgan fingerprint density at radius 2 is 1.06 bits per heavy atom. The van der Waals surface area contributed by atoms with Crippen LogP contribution < -0.4 is 15.0 Å². The van der Waals surface area contributed by atoms with Gasteiger partial charge >= 0.3 is 0 Å². The van der Waals surface area contributed by atoms with Gasteiger partial charge in [-0.1, -0.05) is 97.1 Å². The summed E-state index contributed by atoms with van der Waals surface area (Å²) >= 11 is 0. The Morgan fingerprint density at radius 1 is 0.500 bits per heavy atom. The van der Waals surface area contributed by atoms with Gasteiger partial charge in [0.2, 0.25) is 0 Å². The first-order valence-electron chi connectivity index (χ1n) is 12.2. The molecule has 1 aliphatic heterocycles. The summed E-state index contributed by atoms with van der Waals surface area (Å²) in [5, 5.41) is 8.34. The van der Waals surface area contributed by atoms with Crippen LogP contribution in [-0.4, -0.2) is 0 Å². The van der Waals surface area contributed by atoms with Crippen LogP contribution in [0.2, 0.25) is 0 Å².